The molecule has 0 radical (unpaired) electrons. The molecule has 0 fully saturated rings. The third-order valence-electron chi connectivity index (χ3n) is 13.0. The third-order valence-corrected chi connectivity index (χ3v) is 13.0. The number of hydrogen-bond acceptors (Lipinski definition) is 2. The molecule has 13 rings (SSSR count). The second kappa shape index (κ2) is 12.1. The van der Waals surface area contributed by atoms with Crippen molar-refractivity contribution in [3.8, 4) is 66.8 Å². The lowest BCUT2D eigenvalue weighted by Gasteiger charge is -2.49. The molecule has 4 aliphatic rings. The van der Waals surface area contributed by atoms with Crippen LogP contribution in [0, 0.1) is 0 Å². The molecule has 0 aliphatic carbocycles. The predicted molar refractivity (Wildman–Crippen MR) is 246 cm³/mol. The van der Waals surface area contributed by atoms with E-state index in [2.05, 4.69) is 216 Å². The number of para-hydroxylation sites is 1. The van der Waals surface area contributed by atoms with Crippen LogP contribution < -0.4 is 31.5 Å². The molecule has 0 amide bonds. The lowest BCUT2D eigenvalue weighted by atomic mass is 9.37. The topological polar surface area (TPSA) is 6.48 Å². The van der Waals surface area contributed by atoms with Gasteiger partial charge in [0.2, 0.25) is 0 Å². The number of hydrogen-bond donors (Lipinski definition) is 0. The van der Waals surface area contributed by atoms with Gasteiger partial charge in [-0.05, 0) is 114 Å². The lowest BCUT2D eigenvalue weighted by molar-refractivity contribution is 1.30. The molecule has 0 unspecified atom stereocenters. The van der Waals surface area contributed by atoms with Gasteiger partial charge >= 0.3 is 13.7 Å². The Morgan fingerprint density at radius 3 is 1.21 bits per heavy atom. The van der Waals surface area contributed by atoms with Crippen LogP contribution in [-0.4, -0.2) is 13.7 Å². The fourth-order valence-corrected chi connectivity index (χ4v) is 10.6. The smallest absolute Gasteiger partial charge is 0.329 e. The highest BCUT2D eigenvalue weighted by molar-refractivity contribution is 6.97. The minimum atomic E-state index is 0.00922. The SMILES string of the molecule is c1ccc(-c2ccc3c(c2)-c2ccccc2N2B3c3cccc4c3-c3c2cccc3N2B4c3ccc(-c4ccccc4)cc3-c3cc(-c4ccccc4)ccc32)cc1. The van der Waals surface area contributed by atoms with Crippen molar-refractivity contribution < 1.29 is 0 Å². The zero-order valence-electron chi connectivity index (χ0n) is 31.7. The Morgan fingerprint density at radius 2 is 0.655 bits per heavy atom. The molecule has 4 aliphatic heterocycles. The summed E-state index contributed by atoms with van der Waals surface area (Å²) in [5.41, 5.74) is 25.7. The van der Waals surface area contributed by atoms with Gasteiger partial charge in [-0.3, -0.25) is 0 Å². The molecule has 9 aromatic carbocycles. The van der Waals surface area contributed by atoms with E-state index in [4.69, 9.17) is 0 Å². The van der Waals surface area contributed by atoms with Gasteiger partial charge in [-0.25, -0.2) is 0 Å². The number of benzene rings is 9. The van der Waals surface area contributed by atoms with Gasteiger partial charge < -0.3 is 9.62 Å². The van der Waals surface area contributed by atoms with E-state index >= 15 is 0 Å². The van der Waals surface area contributed by atoms with Crippen molar-refractivity contribution in [3.05, 3.63) is 206 Å². The molecule has 2 nitrogen and oxygen atoms in total. The van der Waals surface area contributed by atoms with Crippen LogP contribution >= 0.6 is 0 Å². The van der Waals surface area contributed by atoms with Gasteiger partial charge in [-0.2, -0.15) is 0 Å². The highest BCUT2D eigenvalue weighted by atomic mass is 15.1. The van der Waals surface area contributed by atoms with Crippen LogP contribution in [0.4, 0.5) is 22.7 Å². The van der Waals surface area contributed by atoms with Crippen molar-refractivity contribution in [1.82, 2.24) is 0 Å². The van der Waals surface area contributed by atoms with Crippen LogP contribution in [0.15, 0.2) is 206 Å². The molecule has 4 heteroatoms. The van der Waals surface area contributed by atoms with E-state index in [-0.39, 0.29) is 13.7 Å². The summed E-state index contributed by atoms with van der Waals surface area (Å²) in [5.74, 6) is 0. The highest BCUT2D eigenvalue weighted by Gasteiger charge is 2.50. The molecule has 0 aromatic heterocycles. The van der Waals surface area contributed by atoms with Gasteiger partial charge in [0, 0.05) is 39.4 Å². The molecule has 266 valence electrons. The van der Waals surface area contributed by atoms with E-state index in [1.807, 2.05) is 0 Å². The van der Waals surface area contributed by atoms with Gasteiger partial charge in [0.25, 0.3) is 0 Å². The largest absolute Gasteiger partial charge is 0.376 e. The first kappa shape index (κ1) is 31.9. The zero-order valence-corrected chi connectivity index (χ0v) is 31.7. The summed E-state index contributed by atoms with van der Waals surface area (Å²) in [4.78, 5) is 5.28. The quantitative estimate of drug-likeness (QED) is 0.167. The maximum atomic E-state index is 2.65. The van der Waals surface area contributed by atoms with E-state index in [0.717, 1.165) is 0 Å². The first-order valence-corrected chi connectivity index (χ1v) is 20.3. The van der Waals surface area contributed by atoms with Gasteiger partial charge in [0.05, 0.1) is 0 Å². The van der Waals surface area contributed by atoms with E-state index in [9.17, 15) is 0 Å². The molecule has 0 saturated heterocycles. The standard InChI is InChI=1S/C54H34B2N2/c1-4-14-35(15-5-1)38-26-29-45-42(32-38)41-20-10-11-23-49(41)57-51-24-13-25-52-54(51)53-47(55(45)57)21-12-22-48(53)56-46-30-27-39(36-16-6-2-7-17-36)33-43(46)44-34-40(28-31-50(44)58(52)56)37-18-8-3-9-19-37/h1-34H. The van der Waals surface area contributed by atoms with Crippen molar-refractivity contribution in [3.63, 3.8) is 0 Å². The minimum Gasteiger partial charge on any atom is -0.376 e. The van der Waals surface area contributed by atoms with E-state index in [1.54, 1.807) is 0 Å². The summed E-state index contributed by atoms with van der Waals surface area (Å²) >= 11 is 0. The summed E-state index contributed by atoms with van der Waals surface area (Å²) in [7, 11) is 0. The highest BCUT2D eigenvalue weighted by Crippen LogP contribution is 2.54. The van der Waals surface area contributed by atoms with Gasteiger partial charge in [0.15, 0.2) is 0 Å². The van der Waals surface area contributed by atoms with Gasteiger partial charge in [0.1, 0.15) is 0 Å². The Hall–Kier alpha value is -7.29. The van der Waals surface area contributed by atoms with Crippen molar-refractivity contribution in [2.24, 2.45) is 0 Å². The Kier molecular flexibility index (Phi) is 6.65. The maximum absolute atomic E-state index is 2.65. The average molecular weight is 733 g/mol. The maximum Gasteiger partial charge on any atom is 0.329 e. The minimum absolute atomic E-state index is 0.00922. The van der Waals surface area contributed by atoms with Crippen molar-refractivity contribution >= 4 is 58.3 Å². The number of nitrogens with zero attached hydrogens (tertiary/aromatic N) is 2. The number of anilines is 4. The summed E-state index contributed by atoms with van der Waals surface area (Å²) in [6.45, 7) is 0.0400. The van der Waals surface area contributed by atoms with Crippen LogP contribution in [0.1, 0.15) is 0 Å². The Morgan fingerprint density at radius 1 is 0.241 bits per heavy atom. The van der Waals surface area contributed by atoms with Crippen LogP contribution in [0.3, 0.4) is 0 Å². The van der Waals surface area contributed by atoms with Gasteiger partial charge in [-0.1, -0.05) is 164 Å². The second-order valence-electron chi connectivity index (χ2n) is 16.0. The van der Waals surface area contributed by atoms with E-state index in [0.29, 0.717) is 0 Å². The Balaban J connectivity index is 1.07. The molecular formula is C54H34B2N2. The first-order valence-electron chi connectivity index (χ1n) is 20.3. The Labute approximate surface area is 339 Å². The first-order chi connectivity index (χ1) is 28.8. The summed E-state index contributed by atoms with van der Waals surface area (Å²) in [6.07, 6.45) is 0. The molecule has 9 aromatic rings. The van der Waals surface area contributed by atoms with Crippen molar-refractivity contribution in [2.45, 2.75) is 0 Å². The average Bonchev–Trinajstić information content (AvgIpc) is 3.31. The van der Waals surface area contributed by atoms with Crippen molar-refractivity contribution in [1.29, 1.82) is 0 Å². The molecule has 4 heterocycles. The molecule has 0 atom stereocenters. The molecule has 0 spiro atoms. The van der Waals surface area contributed by atoms with Crippen molar-refractivity contribution in [2.75, 3.05) is 9.62 Å². The van der Waals surface area contributed by atoms with Crippen LogP contribution in [0.25, 0.3) is 66.8 Å². The van der Waals surface area contributed by atoms with Gasteiger partial charge in [-0.15, -0.1) is 0 Å². The molecule has 0 N–H and O–H groups in total. The second-order valence-corrected chi connectivity index (χ2v) is 16.0. The zero-order chi connectivity index (χ0) is 37.9. The fraction of sp³-hybridized carbons (Fsp3) is 0. The monoisotopic (exact) mass is 732 g/mol. The van der Waals surface area contributed by atoms with Crippen LogP contribution in [0.5, 0.6) is 0 Å². The number of rotatable bonds is 3. The number of fused-ring (bicyclic) bond motifs is 16. The van der Waals surface area contributed by atoms with Crippen LogP contribution in [0.2, 0.25) is 0 Å². The summed E-state index contributed by atoms with van der Waals surface area (Å²) < 4.78 is 0. The molecule has 0 bridgehead atoms. The van der Waals surface area contributed by atoms with Crippen LogP contribution in [-0.2, 0) is 0 Å². The van der Waals surface area contributed by atoms with E-state index in [1.165, 1.54) is 111 Å². The summed E-state index contributed by atoms with van der Waals surface area (Å²) in [5, 5.41) is 0. The summed E-state index contributed by atoms with van der Waals surface area (Å²) in [6, 6.07) is 77.0. The lowest BCUT2D eigenvalue weighted by Crippen LogP contribution is -2.65. The molecule has 0 saturated carbocycles. The molecular weight excluding hydrogens is 698 g/mol. The predicted octanol–water partition coefficient (Wildman–Crippen LogP) is 10.8. The fourth-order valence-electron chi connectivity index (χ4n) is 10.6. The molecule has 58 heavy (non-hydrogen) atoms. The Bertz CT molecular complexity index is 3140. The van der Waals surface area contributed by atoms with E-state index < -0.39 is 0 Å². The normalized spacial score (nSPS) is 13.4. The third kappa shape index (κ3) is 4.40.